The van der Waals surface area contributed by atoms with Crippen molar-refractivity contribution < 1.29 is 42.7 Å². The first-order valence-corrected chi connectivity index (χ1v) is 15.1. The first-order chi connectivity index (χ1) is 22.5. The molecule has 0 N–H and O–H groups in total. The van der Waals surface area contributed by atoms with Gasteiger partial charge < -0.3 is 33.2 Å². The molecule has 3 aliphatic heterocycles. The van der Waals surface area contributed by atoms with Crippen LogP contribution in [-0.2, 0) is 17.6 Å². The largest absolute Gasteiger partial charge is 0.493 e. The van der Waals surface area contributed by atoms with Crippen molar-refractivity contribution in [3.8, 4) is 40.2 Å². The molecule has 9 heteroatoms. The summed E-state index contributed by atoms with van der Waals surface area (Å²) >= 11 is 0. The van der Waals surface area contributed by atoms with Gasteiger partial charge in [0, 0.05) is 29.9 Å². The van der Waals surface area contributed by atoms with Crippen molar-refractivity contribution >= 4 is 17.8 Å². The van der Waals surface area contributed by atoms with Crippen LogP contribution in [0.25, 0.3) is 6.08 Å². The van der Waals surface area contributed by atoms with Crippen molar-refractivity contribution in [3.05, 3.63) is 106 Å². The van der Waals surface area contributed by atoms with Gasteiger partial charge in [0.1, 0.15) is 17.2 Å². The standard InChI is InChI=1S/C37H32O9/c1-40-30-6-4-5-24(36(30)42-3)19-32-35(39)25-9-12-29-34(37(25)46-32)26(20-33(38)45-29)22-8-11-28(31(18-22)41-2)44-15-13-21-7-10-27-23(17-21)14-16-43-27/h4-12,17-19,26H,13-16,20H2,1-3H3/b32-19-/t26-/m0/s1. The van der Waals surface area contributed by atoms with Gasteiger partial charge in [-0.1, -0.05) is 30.3 Å². The first kappa shape index (κ1) is 29.3. The molecule has 1 atom stereocenters. The summed E-state index contributed by atoms with van der Waals surface area (Å²) in [4.78, 5) is 26.3. The molecule has 0 unspecified atom stereocenters. The number of methoxy groups -OCH3 is 3. The summed E-state index contributed by atoms with van der Waals surface area (Å²) in [5.41, 5.74) is 4.85. The van der Waals surface area contributed by atoms with Crippen molar-refractivity contribution in [2.75, 3.05) is 34.5 Å². The number of ether oxygens (including phenoxy) is 7. The van der Waals surface area contributed by atoms with Gasteiger partial charge in [-0.25, -0.2) is 0 Å². The highest BCUT2D eigenvalue weighted by atomic mass is 16.5. The molecular formula is C37H32O9. The average Bonchev–Trinajstić information content (AvgIpc) is 3.67. The number of hydrogen-bond donors (Lipinski definition) is 0. The molecule has 0 saturated carbocycles. The molecule has 4 aromatic carbocycles. The zero-order valence-electron chi connectivity index (χ0n) is 25.7. The quantitative estimate of drug-likeness (QED) is 0.121. The van der Waals surface area contributed by atoms with Gasteiger partial charge >= 0.3 is 5.97 Å². The van der Waals surface area contributed by atoms with Crippen molar-refractivity contribution in [1.29, 1.82) is 0 Å². The van der Waals surface area contributed by atoms with Crippen LogP contribution in [0.15, 0.2) is 72.5 Å². The second-order valence-corrected chi connectivity index (χ2v) is 11.2. The van der Waals surface area contributed by atoms with E-state index in [-0.39, 0.29) is 23.9 Å². The molecule has 0 aliphatic carbocycles. The van der Waals surface area contributed by atoms with Crippen LogP contribution in [0.3, 0.4) is 0 Å². The summed E-state index contributed by atoms with van der Waals surface area (Å²) in [5.74, 6) is 2.85. The number of carbonyl (C=O) groups excluding carboxylic acids is 2. The van der Waals surface area contributed by atoms with Gasteiger partial charge in [0.2, 0.25) is 5.78 Å². The van der Waals surface area contributed by atoms with Crippen LogP contribution in [0.5, 0.6) is 40.2 Å². The van der Waals surface area contributed by atoms with E-state index in [9.17, 15) is 9.59 Å². The third-order valence-corrected chi connectivity index (χ3v) is 8.49. The Morgan fingerprint density at radius 1 is 0.848 bits per heavy atom. The monoisotopic (exact) mass is 620 g/mol. The molecule has 7 rings (SSSR count). The Bertz CT molecular complexity index is 1890. The molecule has 234 valence electrons. The van der Waals surface area contributed by atoms with E-state index in [1.807, 2.05) is 30.3 Å². The molecule has 0 fully saturated rings. The molecule has 9 nitrogen and oxygen atoms in total. The fourth-order valence-corrected chi connectivity index (χ4v) is 6.25. The predicted octanol–water partition coefficient (Wildman–Crippen LogP) is 6.33. The van der Waals surface area contributed by atoms with E-state index in [2.05, 4.69) is 12.1 Å². The number of para-hydroxylation sites is 1. The second kappa shape index (κ2) is 12.2. The fourth-order valence-electron chi connectivity index (χ4n) is 6.25. The van der Waals surface area contributed by atoms with Crippen molar-refractivity contribution in [1.82, 2.24) is 0 Å². The van der Waals surface area contributed by atoms with Gasteiger partial charge in [-0.15, -0.1) is 0 Å². The third kappa shape index (κ3) is 5.27. The number of benzene rings is 4. The van der Waals surface area contributed by atoms with Gasteiger partial charge in [0.25, 0.3) is 0 Å². The lowest BCUT2D eigenvalue weighted by Crippen LogP contribution is -2.21. The lowest BCUT2D eigenvalue weighted by atomic mass is 9.84. The van der Waals surface area contributed by atoms with E-state index in [4.69, 9.17) is 33.2 Å². The highest BCUT2D eigenvalue weighted by Gasteiger charge is 2.39. The van der Waals surface area contributed by atoms with Gasteiger partial charge in [-0.2, -0.15) is 0 Å². The smallest absolute Gasteiger partial charge is 0.312 e. The molecular weight excluding hydrogens is 588 g/mol. The van der Waals surface area contributed by atoms with Crippen LogP contribution < -0.4 is 33.2 Å². The van der Waals surface area contributed by atoms with E-state index in [1.165, 1.54) is 18.2 Å². The Labute approximate surface area is 266 Å². The van der Waals surface area contributed by atoms with Crippen molar-refractivity contribution in [2.24, 2.45) is 0 Å². The van der Waals surface area contributed by atoms with Crippen LogP contribution >= 0.6 is 0 Å². The summed E-state index contributed by atoms with van der Waals surface area (Å²) in [6.07, 6.45) is 3.35. The van der Waals surface area contributed by atoms with Crippen molar-refractivity contribution in [2.45, 2.75) is 25.2 Å². The summed E-state index contributed by atoms with van der Waals surface area (Å²) in [5, 5.41) is 0. The molecule has 0 saturated heterocycles. The van der Waals surface area contributed by atoms with E-state index < -0.39 is 5.92 Å². The number of esters is 1. The number of carbonyl (C=O) groups is 2. The van der Waals surface area contributed by atoms with E-state index >= 15 is 0 Å². The number of Topliss-reactive ketones (excluding diaryl/α,β-unsaturated/α-hetero) is 1. The molecule has 0 aromatic heterocycles. The Balaban J connectivity index is 1.16. The minimum atomic E-state index is -0.443. The number of rotatable bonds is 9. The number of ketones is 1. The van der Waals surface area contributed by atoms with Crippen molar-refractivity contribution in [3.63, 3.8) is 0 Å². The van der Waals surface area contributed by atoms with Gasteiger partial charge in [-0.3, -0.25) is 9.59 Å². The maximum Gasteiger partial charge on any atom is 0.312 e. The molecule has 3 aliphatic rings. The second-order valence-electron chi connectivity index (χ2n) is 11.2. The molecule has 0 radical (unpaired) electrons. The Morgan fingerprint density at radius 3 is 2.52 bits per heavy atom. The Hall–Kier alpha value is -5.44. The molecule has 3 heterocycles. The molecule has 4 aromatic rings. The maximum absolute atomic E-state index is 13.5. The normalized spacial score (nSPS) is 16.9. The third-order valence-electron chi connectivity index (χ3n) is 8.49. The van der Waals surface area contributed by atoms with Gasteiger partial charge in [0.15, 0.2) is 28.8 Å². The maximum atomic E-state index is 13.5. The highest BCUT2D eigenvalue weighted by molar-refractivity contribution is 6.15. The van der Waals surface area contributed by atoms with Crippen LogP contribution in [0.4, 0.5) is 0 Å². The average molecular weight is 621 g/mol. The first-order valence-electron chi connectivity index (χ1n) is 15.1. The Morgan fingerprint density at radius 2 is 1.70 bits per heavy atom. The number of allylic oxidation sites excluding steroid dienone is 1. The van der Waals surface area contributed by atoms with Gasteiger partial charge in [0.05, 0.1) is 46.5 Å². The lowest BCUT2D eigenvalue weighted by Gasteiger charge is -2.26. The zero-order valence-corrected chi connectivity index (χ0v) is 25.7. The SMILES string of the molecule is COc1cc([C@@H]2CC(=O)Oc3ccc4c(c32)O/C(=C\c2cccc(OC)c2OC)C4=O)ccc1OCCc1ccc2c(c1)CCO2. The summed E-state index contributed by atoms with van der Waals surface area (Å²) in [6.45, 7) is 1.19. The summed E-state index contributed by atoms with van der Waals surface area (Å²) in [6, 6.07) is 20.5. The zero-order chi connectivity index (χ0) is 31.8. The molecule has 0 amide bonds. The van der Waals surface area contributed by atoms with Crippen LogP contribution in [0, 0.1) is 0 Å². The topological polar surface area (TPSA) is 98.8 Å². The van der Waals surface area contributed by atoms with Crippen LogP contribution in [0.1, 0.15) is 50.5 Å². The minimum Gasteiger partial charge on any atom is -0.493 e. The molecule has 0 bridgehead atoms. The highest BCUT2D eigenvalue weighted by Crippen LogP contribution is 2.50. The molecule has 0 spiro atoms. The van der Waals surface area contributed by atoms with Crippen LogP contribution in [0.2, 0.25) is 0 Å². The fraction of sp³-hybridized carbons (Fsp3) is 0.243. The Kier molecular flexibility index (Phi) is 7.74. The van der Waals surface area contributed by atoms with E-state index in [0.29, 0.717) is 57.8 Å². The predicted molar refractivity (Wildman–Crippen MR) is 169 cm³/mol. The van der Waals surface area contributed by atoms with E-state index in [1.54, 1.807) is 44.6 Å². The lowest BCUT2D eigenvalue weighted by molar-refractivity contribution is -0.135. The summed E-state index contributed by atoms with van der Waals surface area (Å²) in [7, 11) is 4.67. The number of hydrogen-bond acceptors (Lipinski definition) is 9. The summed E-state index contributed by atoms with van der Waals surface area (Å²) < 4.78 is 40.3. The van der Waals surface area contributed by atoms with E-state index in [0.717, 1.165) is 30.8 Å². The minimum absolute atomic E-state index is 0.0646. The molecule has 46 heavy (non-hydrogen) atoms. The van der Waals surface area contributed by atoms with Crippen LogP contribution in [-0.4, -0.2) is 46.3 Å². The van der Waals surface area contributed by atoms with Gasteiger partial charge in [-0.05, 0) is 59.2 Å². The number of fused-ring (bicyclic) bond motifs is 4.